The molecule has 2 fully saturated rings. The topological polar surface area (TPSA) is 102 Å². The van der Waals surface area contributed by atoms with Crippen molar-refractivity contribution >= 4 is 0 Å². The number of methoxy groups -OCH3 is 1. The van der Waals surface area contributed by atoms with E-state index in [9.17, 15) is 0 Å². The SMILES string of the molecule is CO[C@H]1O[C@H](COCc2ccccc2)[C@H]2O[C@@H]3O[C@H](COCc4cccc(c4)CO[C@@H]2[C@H]1OCc1ccccc1)[C@@H](OCc1ccccc1)[C@H](OCc1ccccc1)[C@H]3OCc1ccccc1. The van der Waals surface area contributed by atoms with Crippen molar-refractivity contribution in [2.75, 3.05) is 20.3 Å². The Kier molecular flexibility index (Phi) is 17.0. The fourth-order valence-electron chi connectivity index (χ4n) is 8.81. The summed E-state index contributed by atoms with van der Waals surface area (Å²) in [6.07, 6.45) is -7.74. The molecule has 3 aliphatic heterocycles. The molecule has 0 amide bonds. The fraction of sp³-hybridized carbons (Fsp3) is 0.357. The van der Waals surface area contributed by atoms with E-state index in [1.165, 1.54) is 0 Å². The van der Waals surface area contributed by atoms with Crippen LogP contribution in [0.5, 0.6) is 0 Å². The summed E-state index contributed by atoms with van der Waals surface area (Å²) in [7, 11) is 1.62. The van der Waals surface area contributed by atoms with Crippen molar-refractivity contribution in [3.05, 3.63) is 215 Å². The van der Waals surface area contributed by atoms with Crippen LogP contribution in [0.15, 0.2) is 176 Å². The average molecular weight is 909 g/mol. The van der Waals surface area contributed by atoms with Crippen LogP contribution in [0.4, 0.5) is 0 Å². The lowest BCUT2D eigenvalue weighted by Gasteiger charge is -2.50. The molecule has 0 spiro atoms. The zero-order chi connectivity index (χ0) is 45.5. The molecule has 3 aliphatic rings. The molecule has 67 heavy (non-hydrogen) atoms. The molecule has 11 nitrogen and oxygen atoms in total. The summed E-state index contributed by atoms with van der Waals surface area (Å²) >= 11 is 0. The molecule has 350 valence electrons. The largest absolute Gasteiger partial charge is 0.374 e. The summed E-state index contributed by atoms with van der Waals surface area (Å²) in [5.74, 6) is 0. The Morgan fingerprint density at radius 3 is 1.46 bits per heavy atom. The van der Waals surface area contributed by atoms with E-state index >= 15 is 0 Å². The highest BCUT2D eigenvalue weighted by atomic mass is 16.8. The van der Waals surface area contributed by atoms with E-state index in [-0.39, 0.29) is 39.6 Å². The molecule has 0 radical (unpaired) electrons. The first kappa shape index (κ1) is 47.0. The molecule has 0 unspecified atom stereocenters. The van der Waals surface area contributed by atoms with E-state index in [0.29, 0.717) is 19.8 Å². The van der Waals surface area contributed by atoms with Crippen molar-refractivity contribution in [3.8, 4) is 0 Å². The second-order valence-corrected chi connectivity index (χ2v) is 17.1. The van der Waals surface area contributed by atoms with Gasteiger partial charge in [-0.05, 0) is 38.9 Å². The number of hydrogen-bond acceptors (Lipinski definition) is 11. The van der Waals surface area contributed by atoms with Gasteiger partial charge in [-0.2, -0.15) is 0 Å². The molecule has 0 N–H and O–H groups in total. The van der Waals surface area contributed by atoms with Crippen LogP contribution in [0.2, 0.25) is 0 Å². The maximum atomic E-state index is 7.41. The van der Waals surface area contributed by atoms with Gasteiger partial charge in [-0.1, -0.05) is 176 Å². The molecule has 0 aliphatic carbocycles. The van der Waals surface area contributed by atoms with Crippen molar-refractivity contribution in [3.63, 3.8) is 0 Å². The smallest absolute Gasteiger partial charge is 0.187 e. The first-order chi connectivity index (χ1) is 33.2. The van der Waals surface area contributed by atoms with Crippen LogP contribution in [0.1, 0.15) is 38.9 Å². The molecule has 3 heterocycles. The second kappa shape index (κ2) is 24.2. The Labute approximate surface area is 393 Å². The second-order valence-electron chi connectivity index (χ2n) is 17.1. The molecular formula is C56H60O11. The van der Waals surface area contributed by atoms with Crippen LogP contribution < -0.4 is 0 Å². The van der Waals surface area contributed by atoms with Crippen LogP contribution >= 0.6 is 0 Å². The van der Waals surface area contributed by atoms with Crippen molar-refractivity contribution in [1.29, 1.82) is 0 Å². The molecule has 6 aromatic rings. The molecule has 6 aromatic carbocycles. The number of benzene rings is 6. The molecule has 11 heteroatoms. The normalized spacial score (nSPS) is 26.5. The Hall–Kier alpha value is -5.12. The van der Waals surface area contributed by atoms with Gasteiger partial charge in [0.15, 0.2) is 12.6 Å². The van der Waals surface area contributed by atoms with Crippen molar-refractivity contribution in [2.45, 2.75) is 108 Å². The van der Waals surface area contributed by atoms with E-state index in [1.54, 1.807) is 7.11 Å². The van der Waals surface area contributed by atoms with Crippen molar-refractivity contribution in [1.82, 2.24) is 0 Å². The molecule has 9 rings (SSSR count). The van der Waals surface area contributed by atoms with Crippen LogP contribution in [0, 0.1) is 0 Å². The summed E-state index contributed by atoms with van der Waals surface area (Å²) < 4.78 is 75.3. The van der Waals surface area contributed by atoms with Gasteiger partial charge < -0.3 is 52.1 Å². The molecule has 10 atom stereocenters. The van der Waals surface area contributed by atoms with Crippen LogP contribution in [-0.2, 0) is 98.4 Å². The van der Waals surface area contributed by atoms with Crippen molar-refractivity contribution < 1.29 is 52.1 Å². The highest BCUT2D eigenvalue weighted by Crippen LogP contribution is 2.37. The number of rotatable bonds is 17. The third kappa shape index (κ3) is 12.9. The summed E-state index contributed by atoms with van der Waals surface area (Å²) in [5, 5.41) is 0. The standard InChI is InChI=1S/C56H60O11/c1-57-55-53(63-35-43-24-13-5-14-25-43)52-50(48(65-55)39-58-31-40-18-7-2-8-19-40)67-56-54(64-36-44-26-15-6-16-27-44)51(61-34-42-22-11-4-12-23-42)49(60-33-41-20-9-3-10-21-41)47(66-56)38-59-32-45-28-17-29-46(30-45)37-62-52/h2-30,47-56H,31-39H2,1H3/t47-,48-,49-,50-,51+,52+,53-,54-,55+,56+/m1/s1. The Morgan fingerprint density at radius 2 is 0.925 bits per heavy atom. The van der Waals surface area contributed by atoms with Gasteiger partial charge >= 0.3 is 0 Å². The minimum absolute atomic E-state index is 0.145. The van der Waals surface area contributed by atoms with Gasteiger partial charge in [-0.15, -0.1) is 0 Å². The minimum atomic E-state index is -1.04. The number of hydrogen-bond donors (Lipinski definition) is 0. The van der Waals surface area contributed by atoms with Crippen LogP contribution in [0.3, 0.4) is 0 Å². The van der Waals surface area contributed by atoms with E-state index in [4.69, 9.17) is 52.1 Å². The highest BCUT2D eigenvalue weighted by Gasteiger charge is 2.54. The van der Waals surface area contributed by atoms with E-state index < -0.39 is 61.4 Å². The van der Waals surface area contributed by atoms with Crippen LogP contribution in [-0.4, -0.2) is 81.7 Å². The van der Waals surface area contributed by atoms with Gasteiger partial charge in [0.25, 0.3) is 0 Å². The average Bonchev–Trinajstić information content (AvgIpc) is 3.38. The number of ether oxygens (including phenoxy) is 11. The lowest BCUT2D eigenvalue weighted by atomic mass is 9.95. The molecule has 0 saturated carbocycles. The first-order valence-corrected chi connectivity index (χ1v) is 23.2. The van der Waals surface area contributed by atoms with E-state index in [2.05, 4.69) is 12.1 Å². The zero-order valence-corrected chi connectivity index (χ0v) is 37.9. The maximum absolute atomic E-state index is 7.41. The van der Waals surface area contributed by atoms with E-state index in [0.717, 1.165) is 38.9 Å². The van der Waals surface area contributed by atoms with Gasteiger partial charge in [0, 0.05) is 7.11 Å². The minimum Gasteiger partial charge on any atom is -0.374 e. The lowest BCUT2D eigenvalue weighted by Crippen LogP contribution is -2.66. The lowest BCUT2D eigenvalue weighted by molar-refractivity contribution is -0.376. The van der Waals surface area contributed by atoms with Crippen LogP contribution in [0.25, 0.3) is 0 Å². The fourth-order valence-corrected chi connectivity index (χ4v) is 8.81. The third-order valence-electron chi connectivity index (χ3n) is 12.2. The third-order valence-corrected chi connectivity index (χ3v) is 12.2. The summed E-state index contributed by atoms with van der Waals surface area (Å²) in [4.78, 5) is 0. The Morgan fingerprint density at radius 1 is 0.448 bits per heavy atom. The van der Waals surface area contributed by atoms with Gasteiger partial charge in [0.2, 0.25) is 0 Å². The van der Waals surface area contributed by atoms with Gasteiger partial charge in [0.05, 0.1) is 59.5 Å². The maximum Gasteiger partial charge on any atom is 0.187 e. The van der Waals surface area contributed by atoms with E-state index in [1.807, 2.05) is 164 Å². The number of fused-ring (bicyclic) bond motifs is 5. The molecule has 4 bridgehead atoms. The van der Waals surface area contributed by atoms with Gasteiger partial charge in [-0.25, -0.2) is 0 Å². The predicted molar refractivity (Wildman–Crippen MR) is 250 cm³/mol. The Balaban J connectivity index is 1.12. The monoisotopic (exact) mass is 908 g/mol. The molecule has 0 aromatic heterocycles. The van der Waals surface area contributed by atoms with Gasteiger partial charge in [-0.3, -0.25) is 0 Å². The first-order valence-electron chi connectivity index (χ1n) is 23.2. The Bertz CT molecular complexity index is 2320. The summed E-state index contributed by atoms with van der Waals surface area (Å²) in [6, 6.07) is 58.5. The molecular weight excluding hydrogens is 849 g/mol. The quantitative estimate of drug-likeness (QED) is 0.0876. The predicted octanol–water partition coefficient (Wildman–Crippen LogP) is 9.14. The summed E-state index contributed by atoms with van der Waals surface area (Å²) in [5.41, 5.74) is 6.96. The van der Waals surface area contributed by atoms with Gasteiger partial charge in [0.1, 0.15) is 48.8 Å². The summed E-state index contributed by atoms with van der Waals surface area (Å²) in [6.45, 7) is 2.39. The molecule has 2 saturated heterocycles. The highest BCUT2D eigenvalue weighted by molar-refractivity contribution is 5.23. The zero-order valence-electron chi connectivity index (χ0n) is 37.9. The van der Waals surface area contributed by atoms with Crippen molar-refractivity contribution in [2.24, 2.45) is 0 Å².